The third kappa shape index (κ3) is 4.05. The van der Waals surface area contributed by atoms with Crippen molar-refractivity contribution >= 4 is 48.8 Å². The lowest BCUT2D eigenvalue weighted by molar-refractivity contribution is 0.102. The molecule has 0 saturated heterocycles. The van der Waals surface area contributed by atoms with Gasteiger partial charge in [-0.05, 0) is 40.2 Å². The topological polar surface area (TPSA) is 137 Å². The number of nitrogens with one attached hydrogen (secondary N) is 1. The Morgan fingerprint density at radius 1 is 1.13 bits per heavy atom. The number of carbonyl (C=O) groups is 1. The van der Waals surface area contributed by atoms with Crippen LogP contribution >= 0.6 is 27.3 Å². The molecule has 1 amide bonds. The van der Waals surface area contributed by atoms with Gasteiger partial charge in [0.15, 0.2) is 15.6 Å². The Morgan fingerprint density at radius 2 is 1.97 bits per heavy atom. The van der Waals surface area contributed by atoms with Gasteiger partial charge in [0.2, 0.25) is 0 Å². The van der Waals surface area contributed by atoms with Crippen molar-refractivity contribution in [2.24, 2.45) is 0 Å². The molecular formula is C20H10BrN7O2S. The highest BCUT2D eigenvalue weighted by Gasteiger charge is 2.20. The van der Waals surface area contributed by atoms with E-state index in [0.29, 0.717) is 42.7 Å². The Balaban J connectivity index is 1.79. The number of amides is 1. The molecule has 3 aromatic heterocycles. The van der Waals surface area contributed by atoms with Gasteiger partial charge in [-0.25, -0.2) is 15.0 Å². The Hall–Kier alpha value is -3.93. The Bertz CT molecular complexity index is 1420. The van der Waals surface area contributed by atoms with Crippen molar-refractivity contribution in [2.75, 3.05) is 12.4 Å². The number of carbonyl (C=O) groups excluding carboxylic acids is 1. The standard InChI is InChI=1S/C20H10BrN7O2S/c1-30-15-3-2-10(6-22)4-13(15)12-5-11(7-23)24-8-14(12)18(29)28-20-27-17-19(31-20)26-16(21)9-25-17/h2-5,8-9H,1H3,(H,25,27,28,29). The molecule has 9 nitrogen and oxygen atoms in total. The van der Waals surface area contributed by atoms with Gasteiger partial charge in [0.25, 0.3) is 5.91 Å². The molecule has 3 heterocycles. The minimum atomic E-state index is -0.491. The maximum absolute atomic E-state index is 13.1. The van der Waals surface area contributed by atoms with Gasteiger partial charge in [0.1, 0.15) is 22.1 Å². The van der Waals surface area contributed by atoms with Crippen LogP contribution in [0.4, 0.5) is 5.13 Å². The second-order valence-corrected chi connectivity index (χ2v) is 7.84. The summed E-state index contributed by atoms with van der Waals surface area (Å²) >= 11 is 4.42. The first-order chi connectivity index (χ1) is 15.0. The summed E-state index contributed by atoms with van der Waals surface area (Å²) in [4.78, 5) is 30.4. The fourth-order valence-electron chi connectivity index (χ4n) is 2.83. The summed E-state index contributed by atoms with van der Waals surface area (Å²) in [7, 11) is 1.48. The lowest BCUT2D eigenvalue weighted by Crippen LogP contribution is -2.14. The zero-order valence-corrected chi connectivity index (χ0v) is 18.2. The smallest absolute Gasteiger partial charge is 0.259 e. The van der Waals surface area contributed by atoms with Crippen LogP contribution < -0.4 is 10.1 Å². The van der Waals surface area contributed by atoms with Crippen LogP contribution in [0.3, 0.4) is 0 Å². The number of nitriles is 2. The first kappa shape index (κ1) is 20.3. The highest BCUT2D eigenvalue weighted by Crippen LogP contribution is 2.34. The summed E-state index contributed by atoms with van der Waals surface area (Å²) < 4.78 is 5.96. The van der Waals surface area contributed by atoms with E-state index >= 15 is 0 Å². The normalized spacial score (nSPS) is 10.3. The molecule has 150 valence electrons. The summed E-state index contributed by atoms with van der Waals surface area (Å²) in [6, 6.07) is 10.3. The monoisotopic (exact) mass is 491 g/mol. The van der Waals surface area contributed by atoms with E-state index < -0.39 is 5.91 Å². The third-order valence-corrected chi connectivity index (χ3v) is 5.43. The van der Waals surface area contributed by atoms with Crippen LogP contribution in [0.1, 0.15) is 21.6 Å². The summed E-state index contributed by atoms with van der Waals surface area (Å²) in [5.41, 5.74) is 1.99. The summed E-state index contributed by atoms with van der Waals surface area (Å²) in [5.74, 6) is -0.0455. The maximum atomic E-state index is 13.1. The number of fused-ring (bicyclic) bond motifs is 1. The van der Waals surface area contributed by atoms with E-state index in [9.17, 15) is 15.3 Å². The molecule has 0 aliphatic rings. The van der Waals surface area contributed by atoms with Crippen LogP contribution in [0, 0.1) is 22.7 Å². The van der Waals surface area contributed by atoms with E-state index in [0.717, 1.165) is 0 Å². The molecule has 0 aliphatic heterocycles. The number of nitrogens with zero attached hydrogens (tertiary/aromatic N) is 6. The van der Waals surface area contributed by atoms with E-state index in [2.05, 4.69) is 47.3 Å². The predicted molar refractivity (Wildman–Crippen MR) is 117 cm³/mol. The van der Waals surface area contributed by atoms with Crippen LogP contribution in [0.5, 0.6) is 5.75 Å². The molecule has 31 heavy (non-hydrogen) atoms. The Kier molecular flexibility index (Phi) is 5.54. The fraction of sp³-hybridized carbons (Fsp3) is 0.0500. The molecule has 0 saturated carbocycles. The minimum Gasteiger partial charge on any atom is -0.496 e. The van der Waals surface area contributed by atoms with Gasteiger partial charge < -0.3 is 4.74 Å². The van der Waals surface area contributed by atoms with Crippen LogP contribution in [0.2, 0.25) is 0 Å². The molecule has 0 atom stereocenters. The molecule has 11 heteroatoms. The molecule has 0 radical (unpaired) electrons. The molecule has 0 unspecified atom stereocenters. The summed E-state index contributed by atoms with van der Waals surface area (Å²) in [5, 5.41) is 21.6. The lowest BCUT2D eigenvalue weighted by Gasteiger charge is -2.13. The number of benzene rings is 1. The number of hydrogen-bond acceptors (Lipinski definition) is 9. The van der Waals surface area contributed by atoms with Crippen molar-refractivity contribution in [3.05, 3.63) is 58.1 Å². The summed E-state index contributed by atoms with van der Waals surface area (Å²) in [6.45, 7) is 0. The fourth-order valence-corrected chi connectivity index (χ4v) is 4.02. The largest absolute Gasteiger partial charge is 0.496 e. The molecule has 0 bridgehead atoms. The average molecular weight is 492 g/mol. The van der Waals surface area contributed by atoms with E-state index in [-0.39, 0.29) is 11.3 Å². The highest BCUT2D eigenvalue weighted by molar-refractivity contribution is 9.10. The SMILES string of the molecule is COc1ccc(C#N)cc1-c1cc(C#N)ncc1C(=O)Nc1nc2ncc(Br)nc2s1. The second kappa shape index (κ2) is 8.44. The van der Waals surface area contributed by atoms with Crippen molar-refractivity contribution in [3.63, 3.8) is 0 Å². The quantitative estimate of drug-likeness (QED) is 0.453. The number of rotatable bonds is 4. The second-order valence-electron chi connectivity index (χ2n) is 6.05. The van der Waals surface area contributed by atoms with Crippen molar-refractivity contribution in [2.45, 2.75) is 0 Å². The number of hydrogen-bond donors (Lipinski definition) is 1. The molecule has 0 spiro atoms. The van der Waals surface area contributed by atoms with Gasteiger partial charge in [0.05, 0.1) is 30.5 Å². The van der Waals surface area contributed by atoms with Gasteiger partial charge in [0, 0.05) is 17.3 Å². The van der Waals surface area contributed by atoms with Crippen molar-refractivity contribution in [3.8, 4) is 29.0 Å². The van der Waals surface area contributed by atoms with Crippen LogP contribution in [0.15, 0.2) is 41.3 Å². The zero-order valence-electron chi connectivity index (χ0n) is 15.8. The van der Waals surface area contributed by atoms with Gasteiger partial charge >= 0.3 is 0 Å². The predicted octanol–water partition coefficient (Wildman–Crippen LogP) is 3.92. The lowest BCUT2D eigenvalue weighted by atomic mass is 9.97. The number of ether oxygens (including phenoxy) is 1. The van der Waals surface area contributed by atoms with Gasteiger partial charge in [-0.1, -0.05) is 11.3 Å². The number of pyridine rings is 1. The molecule has 4 rings (SSSR count). The van der Waals surface area contributed by atoms with Gasteiger partial charge in [-0.15, -0.1) is 0 Å². The van der Waals surface area contributed by atoms with E-state index in [1.165, 1.54) is 36.9 Å². The first-order valence-corrected chi connectivity index (χ1v) is 10.2. The minimum absolute atomic E-state index is 0.120. The van der Waals surface area contributed by atoms with Gasteiger partial charge in [-0.2, -0.15) is 15.5 Å². The number of halogens is 1. The number of anilines is 1. The summed E-state index contributed by atoms with van der Waals surface area (Å²) in [6.07, 6.45) is 2.83. The van der Waals surface area contributed by atoms with Crippen LogP contribution in [-0.4, -0.2) is 33.0 Å². The van der Waals surface area contributed by atoms with E-state index in [1.807, 2.05) is 6.07 Å². The Morgan fingerprint density at radius 3 is 2.71 bits per heavy atom. The van der Waals surface area contributed by atoms with Crippen LogP contribution in [0.25, 0.3) is 21.6 Å². The molecule has 4 aromatic rings. The van der Waals surface area contributed by atoms with Crippen molar-refractivity contribution < 1.29 is 9.53 Å². The van der Waals surface area contributed by atoms with E-state index in [1.54, 1.807) is 18.2 Å². The first-order valence-electron chi connectivity index (χ1n) is 8.61. The maximum Gasteiger partial charge on any atom is 0.259 e. The third-order valence-electron chi connectivity index (χ3n) is 4.20. The van der Waals surface area contributed by atoms with Gasteiger partial charge in [-0.3, -0.25) is 10.1 Å². The molecular weight excluding hydrogens is 482 g/mol. The number of methoxy groups -OCH3 is 1. The number of thiazole rings is 1. The molecule has 0 aliphatic carbocycles. The molecule has 1 aromatic carbocycles. The number of aromatic nitrogens is 4. The average Bonchev–Trinajstić information content (AvgIpc) is 3.19. The zero-order chi connectivity index (χ0) is 22.0. The van der Waals surface area contributed by atoms with Crippen LogP contribution in [-0.2, 0) is 0 Å². The molecule has 1 N–H and O–H groups in total. The van der Waals surface area contributed by atoms with E-state index in [4.69, 9.17) is 4.74 Å². The van der Waals surface area contributed by atoms with Crippen molar-refractivity contribution in [1.29, 1.82) is 10.5 Å². The molecule has 0 fully saturated rings. The van der Waals surface area contributed by atoms with Crippen molar-refractivity contribution in [1.82, 2.24) is 19.9 Å². The highest BCUT2D eigenvalue weighted by atomic mass is 79.9. The Labute approximate surface area is 188 Å².